The molecular weight excluding hydrogens is 289 g/mol. The molecule has 21 heavy (non-hydrogen) atoms. The number of anilines is 1. The first-order valence-corrected chi connectivity index (χ1v) is 7.39. The molecule has 1 aliphatic rings. The topological polar surface area (TPSA) is 21.3 Å². The summed E-state index contributed by atoms with van der Waals surface area (Å²) in [6.07, 6.45) is 2.02. The van der Waals surface area contributed by atoms with E-state index in [2.05, 4.69) is 11.4 Å². The maximum absolute atomic E-state index is 13.3. The van der Waals surface area contributed by atoms with Gasteiger partial charge in [-0.3, -0.25) is 0 Å². The number of nitrogens with one attached hydrogen (secondary N) is 1. The first kappa shape index (κ1) is 14.2. The number of para-hydroxylation sites is 1. The lowest BCUT2D eigenvalue weighted by molar-refractivity contribution is 0.349. The fourth-order valence-corrected chi connectivity index (χ4v) is 3.09. The summed E-state index contributed by atoms with van der Waals surface area (Å²) in [4.78, 5) is 0. The van der Waals surface area contributed by atoms with Crippen molar-refractivity contribution < 1.29 is 9.13 Å². The van der Waals surface area contributed by atoms with Crippen molar-refractivity contribution in [2.24, 2.45) is 0 Å². The molecule has 2 aromatic carbocycles. The minimum Gasteiger partial charge on any atom is -0.496 e. The van der Waals surface area contributed by atoms with Crippen molar-refractivity contribution >= 4 is 17.3 Å². The first-order valence-electron chi connectivity index (χ1n) is 7.01. The van der Waals surface area contributed by atoms with Crippen LogP contribution in [0.4, 0.5) is 10.1 Å². The van der Waals surface area contributed by atoms with E-state index in [-0.39, 0.29) is 5.82 Å². The molecule has 1 N–H and O–H groups in total. The average molecular weight is 306 g/mol. The maximum atomic E-state index is 13.3. The average Bonchev–Trinajstić information content (AvgIpc) is 2.41. The van der Waals surface area contributed by atoms with E-state index >= 15 is 0 Å². The molecule has 0 radical (unpaired) electrons. The van der Waals surface area contributed by atoms with E-state index in [1.165, 1.54) is 17.7 Å². The highest BCUT2D eigenvalue weighted by Crippen LogP contribution is 2.42. The van der Waals surface area contributed by atoms with E-state index in [1.807, 2.05) is 18.2 Å². The summed E-state index contributed by atoms with van der Waals surface area (Å²) in [6.45, 7) is 0. The van der Waals surface area contributed by atoms with E-state index in [9.17, 15) is 4.39 Å². The molecule has 2 nitrogen and oxygen atoms in total. The number of hydrogen-bond donors (Lipinski definition) is 1. The van der Waals surface area contributed by atoms with Crippen LogP contribution in [0.2, 0.25) is 5.02 Å². The van der Waals surface area contributed by atoms with Crippen LogP contribution >= 0.6 is 11.6 Å². The van der Waals surface area contributed by atoms with Gasteiger partial charge in [0.15, 0.2) is 0 Å². The Balaban J connectivity index is 1.63. The van der Waals surface area contributed by atoms with Crippen molar-refractivity contribution in [1.82, 2.24) is 0 Å². The molecule has 0 bridgehead atoms. The molecule has 1 saturated carbocycles. The summed E-state index contributed by atoms with van der Waals surface area (Å²) in [7, 11) is 1.70. The number of benzene rings is 2. The van der Waals surface area contributed by atoms with Gasteiger partial charge in [0.1, 0.15) is 11.6 Å². The monoisotopic (exact) mass is 305 g/mol. The Labute approximate surface area is 128 Å². The Morgan fingerprint density at radius 3 is 2.67 bits per heavy atom. The van der Waals surface area contributed by atoms with Crippen LogP contribution in [-0.4, -0.2) is 13.2 Å². The number of methoxy groups -OCH3 is 1. The normalized spacial score (nSPS) is 20.7. The van der Waals surface area contributed by atoms with Crippen LogP contribution in [-0.2, 0) is 0 Å². The lowest BCUT2D eigenvalue weighted by atomic mass is 9.75. The molecule has 1 aliphatic carbocycles. The summed E-state index contributed by atoms with van der Waals surface area (Å²) in [6, 6.07) is 13.0. The van der Waals surface area contributed by atoms with E-state index in [4.69, 9.17) is 16.3 Å². The van der Waals surface area contributed by atoms with Gasteiger partial charge in [0.25, 0.3) is 0 Å². The van der Waals surface area contributed by atoms with Gasteiger partial charge < -0.3 is 10.1 Å². The predicted octanol–water partition coefficient (Wildman–Crippen LogP) is 4.85. The number of rotatable bonds is 4. The van der Waals surface area contributed by atoms with Crippen molar-refractivity contribution in [3.05, 3.63) is 58.9 Å². The largest absolute Gasteiger partial charge is 0.496 e. The standard InChI is InChI=1S/C17H17ClFNO/c1-21-17-5-3-2-4-16(17)11-6-14(7-11)20-15-9-12(18)8-13(19)10-15/h2-5,8-11,14,20H,6-7H2,1H3. The maximum Gasteiger partial charge on any atom is 0.126 e. The fourth-order valence-electron chi connectivity index (χ4n) is 2.87. The molecule has 110 valence electrons. The number of ether oxygens (including phenoxy) is 1. The SMILES string of the molecule is COc1ccccc1C1CC(Nc2cc(F)cc(Cl)c2)C1. The zero-order valence-electron chi connectivity index (χ0n) is 11.8. The molecule has 4 heteroatoms. The lowest BCUT2D eigenvalue weighted by Crippen LogP contribution is -2.34. The van der Waals surface area contributed by atoms with Gasteiger partial charge in [0.05, 0.1) is 7.11 Å². The van der Waals surface area contributed by atoms with Crippen molar-refractivity contribution in [1.29, 1.82) is 0 Å². The lowest BCUT2D eigenvalue weighted by Gasteiger charge is -2.37. The van der Waals surface area contributed by atoms with Crippen molar-refractivity contribution in [3.63, 3.8) is 0 Å². The van der Waals surface area contributed by atoms with Crippen molar-refractivity contribution in [2.75, 3.05) is 12.4 Å². The summed E-state index contributed by atoms with van der Waals surface area (Å²) >= 11 is 5.86. The second-order valence-electron chi connectivity index (χ2n) is 5.41. The minimum atomic E-state index is -0.314. The predicted molar refractivity (Wildman–Crippen MR) is 83.8 cm³/mol. The van der Waals surface area contributed by atoms with Gasteiger partial charge in [-0.25, -0.2) is 4.39 Å². The summed E-state index contributed by atoms with van der Waals surface area (Å²) < 4.78 is 18.7. The second-order valence-corrected chi connectivity index (χ2v) is 5.85. The first-order chi connectivity index (χ1) is 10.2. The van der Waals surface area contributed by atoms with Crippen LogP contribution < -0.4 is 10.1 Å². The summed E-state index contributed by atoms with van der Waals surface area (Å²) in [5.41, 5.74) is 1.99. The fraction of sp³-hybridized carbons (Fsp3) is 0.294. The van der Waals surface area contributed by atoms with Gasteiger partial charge in [-0.15, -0.1) is 0 Å². The van der Waals surface area contributed by atoms with Gasteiger partial charge in [-0.05, 0) is 48.6 Å². The Morgan fingerprint density at radius 1 is 1.19 bits per heavy atom. The third-order valence-electron chi connectivity index (χ3n) is 3.95. The molecule has 0 aromatic heterocycles. The van der Waals surface area contributed by atoms with Crippen LogP contribution in [0, 0.1) is 5.82 Å². The Kier molecular flexibility index (Phi) is 4.02. The van der Waals surface area contributed by atoms with E-state index in [0.717, 1.165) is 24.3 Å². The highest BCUT2D eigenvalue weighted by Gasteiger charge is 2.32. The second kappa shape index (κ2) is 5.94. The van der Waals surface area contributed by atoms with Gasteiger partial charge in [-0.1, -0.05) is 29.8 Å². The number of hydrogen-bond acceptors (Lipinski definition) is 2. The van der Waals surface area contributed by atoms with Crippen LogP contribution in [0.15, 0.2) is 42.5 Å². The molecule has 1 fully saturated rings. The van der Waals surface area contributed by atoms with Gasteiger partial charge in [0.2, 0.25) is 0 Å². The Bertz CT molecular complexity index is 620. The van der Waals surface area contributed by atoms with E-state index < -0.39 is 0 Å². The molecule has 0 saturated heterocycles. The Morgan fingerprint density at radius 2 is 1.95 bits per heavy atom. The molecular formula is C17H17ClFNO. The van der Waals surface area contributed by atoms with Crippen molar-refractivity contribution in [3.8, 4) is 5.75 Å². The zero-order valence-corrected chi connectivity index (χ0v) is 12.5. The van der Waals surface area contributed by atoms with E-state index in [0.29, 0.717) is 17.0 Å². The highest BCUT2D eigenvalue weighted by molar-refractivity contribution is 6.30. The zero-order chi connectivity index (χ0) is 14.8. The molecule has 0 heterocycles. The third-order valence-corrected chi connectivity index (χ3v) is 4.17. The smallest absolute Gasteiger partial charge is 0.126 e. The van der Waals surface area contributed by atoms with Crippen LogP contribution in [0.5, 0.6) is 5.75 Å². The molecule has 0 unspecified atom stereocenters. The molecule has 0 spiro atoms. The molecule has 0 atom stereocenters. The van der Waals surface area contributed by atoms with Gasteiger partial charge in [-0.2, -0.15) is 0 Å². The third kappa shape index (κ3) is 3.13. The highest BCUT2D eigenvalue weighted by atomic mass is 35.5. The minimum absolute atomic E-state index is 0.314. The van der Waals surface area contributed by atoms with E-state index in [1.54, 1.807) is 13.2 Å². The van der Waals surface area contributed by atoms with Crippen LogP contribution in [0.25, 0.3) is 0 Å². The summed E-state index contributed by atoms with van der Waals surface area (Å²) in [5.74, 6) is 1.11. The molecule has 0 amide bonds. The molecule has 3 rings (SSSR count). The van der Waals surface area contributed by atoms with Gasteiger partial charge in [0, 0.05) is 16.8 Å². The van der Waals surface area contributed by atoms with Crippen molar-refractivity contribution in [2.45, 2.75) is 24.8 Å². The van der Waals surface area contributed by atoms with Crippen LogP contribution in [0.1, 0.15) is 24.3 Å². The quantitative estimate of drug-likeness (QED) is 0.872. The number of halogens is 2. The molecule has 0 aliphatic heterocycles. The van der Waals surface area contributed by atoms with Gasteiger partial charge >= 0.3 is 0 Å². The van der Waals surface area contributed by atoms with Crippen LogP contribution in [0.3, 0.4) is 0 Å². The molecule has 2 aromatic rings. The Hall–Kier alpha value is -1.74. The summed E-state index contributed by atoms with van der Waals surface area (Å²) in [5, 5.41) is 3.75.